The highest BCUT2D eigenvalue weighted by Gasteiger charge is 2.23. The predicted octanol–water partition coefficient (Wildman–Crippen LogP) is 4.07. The highest BCUT2D eigenvalue weighted by atomic mass is 15.0. The van der Waals surface area contributed by atoms with E-state index in [0.29, 0.717) is 5.92 Å². The Bertz CT molecular complexity index is 355. The van der Waals surface area contributed by atoms with Crippen LogP contribution in [-0.2, 0) is 0 Å². The Labute approximate surface area is 98.7 Å². The Morgan fingerprint density at radius 2 is 1.94 bits per heavy atom. The first kappa shape index (κ1) is 12.8. The zero-order valence-corrected chi connectivity index (χ0v) is 10.9. The molecule has 0 saturated heterocycles. The van der Waals surface area contributed by atoms with Crippen molar-refractivity contribution in [2.75, 3.05) is 0 Å². The van der Waals surface area contributed by atoms with Crippen LogP contribution in [0, 0.1) is 11.3 Å². The summed E-state index contributed by atoms with van der Waals surface area (Å²) in [5, 5.41) is 0. The number of hydrogen-bond acceptors (Lipinski definition) is 1. The summed E-state index contributed by atoms with van der Waals surface area (Å²) in [6, 6.07) is 0. The molecule has 1 aromatic rings. The number of allylic oxidation sites excluding steroid dienone is 2. The lowest BCUT2D eigenvalue weighted by Gasteiger charge is -2.25. The van der Waals surface area contributed by atoms with Crippen molar-refractivity contribution in [1.29, 1.82) is 0 Å². The van der Waals surface area contributed by atoms with E-state index in [4.69, 9.17) is 0 Å². The minimum absolute atomic E-state index is 0.140. The monoisotopic (exact) mass is 218 g/mol. The fourth-order valence-electron chi connectivity index (χ4n) is 1.52. The quantitative estimate of drug-likeness (QED) is 0.694. The second-order valence-corrected chi connectivity index (χ2v) is 4.36. The molecular weight excluding hydrogens is 196 g/mol. The van der Waals surface area contributed by atoms with Crippen molar-refractivity contribution in [3.05, 3.63) is 30.4 Å². The predicted molar refractivity (Wildman–Crippen MR) is 70.9 cm³/mol. The Morgan fingerprint density at radius 1 is 1.25 bits per heavy atom. The molecule has 0 aliphatic carbocycles. The van der Waals surface area contributed by atoms with E-state index in [-0.39, 0.29) is 5.41 Å². The molecular formula is C14H22N2. The van der Waals surface area contributed by atoms with E-state index in [2.05, 4.69) is 50.2 Å². The van der Waals surface area contributed by atoms with Gasteiger partial charge in [-0.1, -0.05) is 46.8 Å². The second kappa shape index (κ2) is 5.15. The Kier molecular flexibility index (Phi) is 4.11. The number of hydrogen-bond donors (Lipinski definition) is 0. The second-order valence-electron chi connectivity index (χ2n) is 4.36. The average Bonchev–Trinajstić information content (AvgIpc) is 2.67. The molecule has 0 spiro atoms. The van der Waals surface area contributed by atoms with Gasteiger partial charge in [-0.3, -0.25) is 0 Å². The highest BCUT2D eigenvalue weighted by Crippen LogP contribution is 2.32. The molecule has 0 saturated carbocycles. The molecule has 2 nitrogen and oxygen atoms in total. The standard InChI is InChI=1S/C12H16N2.C2H6/c1-10(2)12(3)5-4-11-13-7-9-14(11)8-6-12;1-2/h4-10H,1-3H3;1-2H3. The SMILES string of the molecule is CC.CC(C)C1(C)C=Cc2nccn2C=C1. The van der Waals surface area contributed by atoms with Crippen molar-refractivity contribution in [3.63, 3.8) is 0 Å². The van der Waals surface area contributed by atoms with Crippen molar-refractivity contribution < 1.29 is 0 Å². The van der Waals surface area contributed by atoms with Gasteiger partial charge in [0, 0.05) is 24.0 Å². The summed E-state index contributed by atoms with van der Waals surface area (Å²) < 4.78 is 2.05. The van der Waals surface area contributed by atoms with Gasteiger partial charge in [0.25, 0.3) is 0 Å². The van der Waals surface area contributed by atoms with Crippen molar-refractivity contribution in [3.8, 4) is 0 Å². The van der Waals surface area contributed by atoms with Crippen LogP contribution >= 0.6 is 0 Å². The number of rotatable bonds is 1. The van der Waals surface area contributed by atoms with Crippen LogP contribution in [0.2, 0.25) is 0 Å². The molecule has 0 bridgehead atoms. The zero-order valence-electron chi connectivity index (χ0n) is 10.9. The van der Waals surface area contributed by atoms with Gasteiger partial charge in [-0.2, -0.15) is 0 Å². The van der Waals surface area contributed by atoms with Crippen LogP contribution in [0.1, 0.15) is 40.4 Å². The number of aromatic nitrogens is 2. The molecule has 2 heteroatoms. The number of imidazole rings is 1. The molecule has 1 aliphatic rings. The van der Waals surface area contributed by atoms with E-state index in [1.165, 1.54) is 0 Å². The molecule has 1 unspecified atom stereocenters. The lowest BCUT2D eigenvalue weighted by Crippen LogP contribution is -2.17. The van der Waals surface area contributed by atoms with E-state index in [9.17, 15) is 0 Å². The third-order valence-electron chi connectivity index (χ3n) is 3.13. The minimum Gasteiger partial charge on any atom is -0.307 e. The topological polar surface area (TPSA) is 17.8 Å². The molecule has 1 aromatic heterocycles. The largest absolute Gasteiger partial charge is 0.307 e. The van der Waals surface area contributed by atoms with Gasteiger partial charge in [0.05, 0.1) is 0 Å². The fourth-order valence-corrected chi connectivity index (χ4v) is 1.52. The lowest BCUT2D eigenvalue weighted by atomic mass is 9.79. The van der Waals surface area contributed by atoms with E-state index in [1.807, 2.05) is 30.8 Å². The van der Waals surface area contributed by atoms with E-state index in [1.54, 1.807) is 0 Å². The van der Waals surface area contributed by atoms with Crippen LogP contribution in [0.25, 0.3) is 12.3 Å². The molecule has 0 N–H and O–H groups in total. The Morgan fingerprint density at radius 3 is 2.56 bits per heavy atom. The van der Waals surface area contributed by atoms with Gasteiger partial charge in [-0.15, -0.1) is 0 Å². The maximum absolute atomic E-state index is 4.27. The van der Waals surface area contributed by atoms with Crippen LogP contribution in [-0.4, -0.2) is 9.55 Å². The first-order chi connectivity index (χ1) is 7.62. The van der Waals surface area contributed by atoms with Crippen LogP contribution in [0.4, 0.5) is 0 Å². The Balaban J connectivity index is 0.000000606. The summed E-state index contributed by atoms with van der Waals surface area (Å²) in [4.78, 5) is 4.27. The first-order valence-electron chi connectivity index (χ1n) is 6.03. The maximum Gasteiger partial charge on any atom is 0.136 e. The molecule has 0 fully saturated rings. The highest BCUT2D eigenvalue weighted by molar-refractivity contribution is 5.51. The van der Waals surface area contributed by atoms with E-state index in [0.717, 1.165) is 5.82 Å². The summed E-state index contributed by atoms with van der Waals surface area (Å²) in [5.74, 6) is 1.60. The molecule has 0 amide bonds. The van der Waals surface area contributed by atoms with Gasteiger partial charge >= 0.3 is 0 Å². The molecule has 88 valence electrons. The number of fused-ring (bicyclic) bond motifs is 1. The minimum atomic E-state index is 0.140. The fraction of sp³-hybridized carbons (Fsp3) is 0.500. The molecule has 16 heavy (non-hydrogen) atoms. The maximum atomic E-state index is 4.27. The van der Waals surface area contributed by atoms with Crippen molar-refractivity contribution >= 4 is 12.3 Å². The van der Waals surface area contributed by atoms with Crippen LogP contribution in [0.15, 0.2) is 24.5 Å². The molecule has 1 atom stereocenters. The average molecular weight is 218 g/mol. The van der Waals surface area contributed by atoms with Crippen LogP contribution in [0.5, 0.6) is 0 Å². The molecule has 2 heterocycles. The summed E-state index contributed by atoms with van der Waals surface area (Å²) in [6.45, 7) is 10.7. The van der Waals surface area contributed by atoms with Gasteiger partial charge in [-0.05, 0) is 12.0 Å². The normalized spacial score (nSPS) is 22.4. The molecule has 0 aromatic carbocycles. The number of nitrogens with zero attached hydrogens (tertiary/aromatic N) is 2. The van der Waals surface area contributed by atoms with E-state index < -0.39 is 0 Å². The zero-order chi connectivity index (χ0) is 12.2. The lowest BCUT2D eigenvalue weighted by molar-refractivity contribution is 0.386. The van der Waals surface area contributed by atoms with Crippen molar-refractivity contribution in [1.82, 2.24) is 9.55 Å². The summed E-state index contributed by atoms with van der Waals surface area (Å²) in [6.07, 6.45) is 12.5. The third-order valence-corrected chi connectivity index (χ3v) is 3.13. The summed E-state index contributed by atoms with van der Waals surface area (Å²) >= 11 is 0. The van der Waals surface area contributed by atoms with E-state index >= 15 is 0 Å². The first-order valence-corrected chi connectivity index (χ1v) is 6.03. The third kappa shape index (κ3) is 2.43. The molecule has 2 rings (SSSR count). The smallest absolute Gasteiger partial charge is 0.136 e. The van der Waals surface area contributed by atoms with Crippen LogP contribution < -0.4 is 0 Å². The van der Waals surface area contributed by atoms with Crippen molar-refractivity contribution in [2.24, 2.45) is 11.3 Å². The molecule has 1 aliphatic heterocycles. The van der Waals surface area contributed by atoms with Gasteiger partial charge in [0.2, 0.25) is 0 Å². The molecule has 0 radical (unpaired) electrons. The summed E-state index contributed by atoms with van der Waals surface area (Å²) in [5.41, 5.74) is 0.140. The van der Waals surface area contributed by atoms with Crippen molar-refractivity contribution in [2.45, 2.75) is 34.6 Å². The van der Waals surface area contributed by atoms with Gasteiger partial charge < -0.3 is 4.57 Å². The Hall–Kier alpha value is -1.31. The van der Waals surface area contributed by atoms with Crippen LogP contribution in [0.3, 0.4) is 0 Å². The van der Waals surface area contributed by atoms with Gasteiger partial charge in [0.15, 0.2) is 0 Å². The van der Waals surface area contributed by atoms with Gasteiger partial charge in [-0.25, -0.2) is 4.98 Å². The van der Waals surface area contributed by atoms with Gasteiger partial charge in [0.1, 0.15) is 5.82 Å². The summed E-state index contributed by atoms with van der Waals surface area (Å²) in [7, 11) is 0.